The van der Waals surface area contributed by atoms with Crippen molar-refractivity contribution in [2.45, 2.75) is 6.42 Å². The van der Waals surface area contributed by atoms with E-state index in [9.17, 15) is 9.59 Å². The predicted octanol–water partition coefficient (Wildman–Crippen LogP) is 3.31. The van der Waals surface area contributed by atoms with Crippen LogP contribution in [0.2, 0.25) is 0 Å². The van der Waals surface area contributed by atoms with Crippen molar-refractivity contribution in [2.75, 3.05) is 16.8 Å². The molecule has 6 heteroatoms. The standard InChI is InChI=1S/C18H14BrN3O2/c19-15-6-1-2-7-16(15)21-18(24)13-9-17(23)22(11-13)14-5-3-4-12(8-14)10-20/h1-8,13H,9,11H2,(H,21,24). The molecule has 0 spiro atoms. The minimum absolute atomic E-state index is 0.114. The molecule has 0 aliphatic carbocycles. The van der Waals surface area contributed by atoms with Crippen LogP contribution in [0.3, 0.4) is 0 Å². The average Bonchev–Trinajstić information content (AvgIpc) is 2.99. The van der Waals surface area contributed by atoms with Crippen molar-refractivity contribution in [2.24, 2.45) is 5.92 Å². The molecule has 1 heterocycles. The molecule has 0 radical (unpaired) electrons. The number of hydrogen-bond donors (Lipinski definition) is 1. The quantitative estimate of drug-likeness (QED) is 0.883. The Kier molecular flexibility index (Phi) is 4.63. The van der Waals surface area contributed by atoms with E-state index in [1.165, 1.54) is 0 Å². The van der Waals surface area contributed by atoms with Gasteiger partial charge < -0.3 is 10.2 Å². The summed E-state index contributed by atoms with van der Waals surface area (Å²) in [5.41, 5.74) is 1.82. The first kappa shape index (κ1) is 16.2. The van der Waals surface area contributed by atoms with E-state index < -0.39 is 5.92 Å². The molecule has 1 N–H and O–H groups in total. The minimum atomic E-state index is -0.421. The van der Waals surface area contributed by atoms with Crippen LogP contribution in [0.25, 0.3) is 0 Å². The number of halogens is 1. The smallest absolute Gasteiger partial charge is 0.229 e. The molecule has 0 bridgehead atoms. The number of anilines is 2. The van der Waals surface area contributed by atoms with Crippen molar-refractivity contribution in [1.29, 1.82) is 5.26 Å². The van der Waals surface area contributed by atoms with Gasteiger partial charge in [-0.05, 0) is 46.3 Å². The van der Waals surface area contributed by atoms with Crippen molar-refractivity contribution in [3.8, 4) is 6.07 Å². The SMILES string of the molecule is N#Cc1cccc(N2CC(C(=O)Nc3ccccc3Br)CC2=O)c1. The fraction of sp³-hybridized carbons (Fsp3) is 0.167. The van der Waals surface area contributed by atoms with E-state index in [1.54, 1.807) is 35.2 Å². The predicted molar refractivity (Wildman–Crippen MR) is 94.4 cm³/mol. The summed E-state index contributed by atoms with van der Waals surface area (Å²) in [6.45, 7) is 0.310. The highest BCUT2D eigenvalue weighted by Gasteiger charge is 2.35. The van der Waals surface area contributed by atoms with E-state index in [1.807, 2.05) is 18.2 Å². The number of carbonyl (C=O) groups is 2. The van der Waals surface area contributed by atoms with Crippen LogP contribution in [0.4, 0.5) is 11.4 Å². The Labute approximate surface area is 148 Å². The number of hydrogen-bond acceptors (Lipinski definition) is 3. The van der Waals surface area contributed by atoms with Gasteiger partial charge in [0.05, 0.1) is 23.2 Å². The van der Waals surface area contributed by atoms with Gasteiger partial charge in [0.1, 0.15) is 0 Å². The van der Waals surface area contributed by atoms with Crippen LogP contribution in [0.15, 0.2) is 53.0 Å². The van der Waals surface area contributed by atoms with Gasteiger partial charge in [-0.25, -0.2) is 0 Å². The summed E-state index contributed by atoms with van der Waals surface area (Å²) in [6, 6.07) is 16.2. The fourth-order valence-corrected chi connectivity index (χ4v) is 3.06. The first-order valence-corrected chi connectivity index (χ1v) is 8.23. The molecule has 1 aliphatic rings. The molecule has 1 aliphatic heterocycles. The molecule has 1 unspecified atom stereocenters. The molecule has 0 saturated carbocycles. The lowest BCUT2D eigenvalue weighted by Gasteiger charge is -2.17. The highest BCUT2D eigenvalue weighted by Crippen LogP contribution is 2.28. The first-order chi connectivity index (χ1) is 11.6. The van der Waals surface area contributed by atoms with E-state index in [-0.39, 0.29) is 18.2 Å². The maximum absolute atomic E-state index is 12.4. The molecule has 24 heavy (non-hydrogen) atoms. The second-order valence-electron chi connectivity index (χ2n) is 5.54. The number of rotatable bonds is 3. The second kappa shape index (κ2) is 6.85. The van der Waals surface area contributed by atoms with Crippen LogP contribution in [0.5, 0.6) is 0 Å². The van der Waals surface area contributed by atoms with E-state index in [4.69, 9.17) is 5.26 Å². The normalized spacial score (nSPS) is 16.8. The molecule has 2 aromatic carbocycles. The van der Waals surface area contributed by atoms with Gasteiger partial charge in [-0.3, -0.25) is 9.59 Å². The van der Waals surface area contributed by atoms with Crippen molar-refractivity contribution in [3.05, 3.63) is 58.6 Å². The Bertz CT molecular complexity index is 844. The van der Waals surface area contributed by atoms with Gasteiger partial charge in [0.15, 0.2) is 0 Å². The number of nitrogens with zero attached hydrogens (tertiary/aromatic N) is 2. The van der Waals surface area contributed by atoms with Gasteiger partial charge in [0.25, 0.3) is 0 Å². The Morgan fingerprint density at radius 3 is 2.79 bits per heavy atom. The number of nitriles is 1. The van der Waals surface area contributed by atoms with Crippen LogP contribution in [0, 0.1) is 17.2 Å². The number of amides is 2. The zero-order chi connectivity index (χ0) is 17.1. The molecule has 2 amide bonds. The lowest BCUT2D eigenvalue weighted by atomic mass is 10.1. The zero-order valence-electron chi connectivity index (χ0n) is 12.7. The van der Waals surface area contributed by atoms with Gasteiger partial charge in [0.2, 0.25) is 11.8 Å². The summed E-state index contributed by atoms with van der Waals surface area (Å²) < 4.78 is 0.793. The fourth-order valence-electron chi connectivity index (χ4n) is 2.67. The largest absolute Gasteiger partial charge is 0.325 e. The molecule has 120 valence electrons. The van der Waals surface area contributed by atoms with E-state index in [0.717, 1.165) is 4.47 Å². The van der Waals surface area contributed by atoms with Crippen molar-refractivity contribution in [1.82, 2.24) is 0 Å². The summed E-state index contributed by atoms with van der Waals surface area (Å²) in [7, 11) is 0. The lowest BCUT2D eigenvalue weighted by molar-refractivity contribution is -0.122. The van der Waals surface area contributed by atoms with Crippen molar-refractivity contribution >= 4 is 39.1 Å². The molecular formula is C18H14BrN3O2. The molecule has 1 saturated heterocycles. The second-order valence-corrected chi connectivity index (χ2v) is 6.39. The number of nitrogens with one attached hydrogen (secondary N) is 1. The van der Waals surface area contributed by atoms with Gasteiger partial charge >= 0.3 is 0 Å². The first-order valence-electron chi connectivity index (χ1n) is 7.44. The molecular weight excluding hydrogens is 370 g/mol. The van der Waals surface area contributed by atoms with Crippen LogP contribution < -0.4 is 10.2 Å². The monoisotopic (exact) mass is 383 g/mol. The summed E-state index contributed by atoms with van der Waals surface area (Å²) in [5.74, 6) is -0.720. The molecule has 5 nitrogen and oxygen atoms in total. The highest BCUT2D eigenvalue weighted by atomic mass is 79.9. The number of para-hydroxylation sites is 1. The summed E-state index contributed by atoms with van der Waals surface area (Å²) in [6.07, 6.45) is 0.160. The maximum atomic E-state index is 12.4. The average molecular weight is 384 g/mol. The molecule has 1 atom stereocenters. The van der Waals surface area contributed by atoms with Gasteiger partial charge in [-0.2, -0.15) is 5.26 Å². The zero-order valence-corrected chi connectivity index (χ0v) is 14.3. The Morgan fingerprint density at radius 1 is 1.25 bits per heavy atom. The van der Waals surface area contributed by atoms with Crippen molar-refractivity contribution < 1.29 is 9.59 Å². The third-order valence-electron chi connectivity index (χ3n) is 3.91. The van der Waals surface area contributed by atoms with Gasteiger partial charge in [-0.1, -0.05) is 18.2 Å². The van der Waals surface area contributed by atoms with E-state index in [0.29, 0.717) is 23.5 Å². The molecule has 0 aromatic heterocycles. The molecule has 2 aromatic rings. The summed E-state index contributed by atoms with van der Waals surface area (Å²) in [5, 5.41) is 11.8. The molecule has 1 fully saturated rings. The van der Waals surface area contributed by atoms with Crippen LogP contribution in [-0.2, 0) is 9.59 Å². The number of carbonyl (C=O) groups excluding carboxylic acids is 2. The third-order valence-corrected chi connectivity index (χ3v) is 4.61. The van der Waals surface area contributed by atoms with Crippen LogP contribution in [-0.4, -0.2) is 18.4 Å². The molecule has 3 rings (SSSR count). The van der Waals surface area contributed by atoms with E-state index >= 15 is 0 Å². The number of benzene rings is 2. The van der Waals surface area contributed by atoms with Gasteiger partial charge in [0, 0.05) is 23.1 Å². The van der Waals surface area contributed by atoms with E-state index in [2.05, 4.69) is 27.3 Å². The minimum Gasteiger partial charge on any atom is -0.325 e. The van der Waals surface area contributed by atoms with Gasteiger partial charge in [-0.15, -0.1) is 0 Å². The van der Waals surface area contributed by atoms with Crippen LogP contribution >= 0.6 is 15.9 Å². The van der Waals surface area contributed by atoms with Crippen LogP contribution in [0.1, 0.15) is 12.0 Å². The Hall–Kier alpha value is -2.65. The Balaban J connectivity index is 1.73. The van der Waals surface area contributed by atoms with Crippen molar-refractivity contribution in [3.63, 3.8) is 0 Å². The Morgan fingerprint density at radius 2 is 2.04 bits per heavy atom. The highest BCUT2D eigenvalue weighted by molar-refractivity contribution is 9.10. The maximum Gasteiger partial charge on any atom is 0.229 e. The third kappa shape index (κ3) is 3.31. The summed E-state index contributed by atoms with van der Waals surface area (Å²) in [4.78, 5) is 26.3. The summed E-state index contributed by atoms with van der Waals surface area (Å²) >= 11 is 3.39. The lowest BCUT2D eigenvalue weighted by Crippen LogP contribution is -2.28. The topological polar surface area (TPSA) is 73.2 Å².